The Bertz CT molecular complexity index is 496. The fourth-order valence-electron chi connectivity index (χ4n) is 6.23. The van der Waals surface area contributed by atoms with E-state index in [4.69, 9.17) is 0 Å². The van der Waals surface area contributed by atoms with E-state index in [9.17, 15) is 10.2 Å². The van der Waals surface area contributed by atoms with Crippen molar-refractivity contribution in [2.45, 2.75) is 91.8 Å². The predicted molar refractivity (Wildman–Crippen MR) is 104 cm³/mol. The Balaban J connectivity index is 1.68. The van der Waals surface area contributed by atoms with Crippen molar-refractivity contribution in [2.75, 3.05) is 0 Å². The minimum Gasteiger partial charge on any atom is -0.393 e. The van der Waals surface area contributed by atoms with Crippen molar-refractivity contribution in [3.05, 3.63) is 11.6 Å². The molecule has 2 heteroatoms. The van der Waals surface area contributed by atoms with Gasteiger partial charge < -0.3 is 10.2 Å². The van der Waals surface area contributed by atoms with Crippen molar-refractivity contribution >= 4 is 0 Å². The zero-order valence-corrected chi connectivity index (χ0v) is 17.0. The zero-order valence-electron chi connectivity index (χ0n) is 17.0. The van der Waals surface area contributed by atoms with Gasteiger partial charge in [0.15, 0.2) is 0 Å². The normalized spacial score (nSPS) is 41.7. The second-order valence-electron chi connectivity index (χ2n) is 10.4. The van der Waals surface area contributed by atoms with Crippen LogP contribution in [-0.4, -0.2) is 22.4 Å². The average Bonchev–Trinajstić information content (AvgIpc) is 3.19. The van der Waals surface area contributed by atoms with Gasteiger partial charge in [0.1, 0.15) is 0 Å². The quantitative estimate of drug-likeness (QED) is 0.649. The zero-order chi connectivity index (χ0) is 18.4. The van der Waals surface area contributed by atoms with E-state index in [1.165, 1.54) is 31.3 Å². The summed E-state index contributed by atoms with van der Waals surface area (Å²) >= 11 is 0. The molecule has 2 saturated carbocycles. The molecular weight excluding hydrogens is 308 g/mol. The van der Waals surface area contributed by atoms with E-state index in [-0.39, 0.29) is 23.5 Å². The summed E-state index contributed by atoms with van der Waals surface area (Å²) in [6.45, 7) is 11.0. The van der Waals surface area contributed by atoms with Crippen molar-refractivity contribution in [1.82, 2.24) is 0 Å². The Hall–Kier alpha value is -0.340. The smallest absolute Gasteiger partial charge is 0.0651 e. The maximum atomic E-state index is 11.0. The van der Waals surface area contributed by atoms with Crippen LogP contribution < -0.4 is 0 Å². The van der Waals surface area contributed by atoms with Crippen molar-refractivity contribution in [2.24, 2.45) is 40.9 Å². The van der Waals surface area contributed by atoms with Crippen LogP contribution in [0.1, 0.15) is 79.6 Å². The lowest BCUT2D eigenvalue weighted by Gasteiger charge is -2.41. The van der Waals surface area contributed by atoms with Gasteiger partial charge in [-0.1, -0.05) is 52.7 Å². The first kappa shape index (κ1) is 19.4. The van der Waals surface area contributed by atoms with Gasteiger partial charge in [0, 0.05) is 5.41 Å². The van der Waals surface area contributed by atoms with E-state index in [1.807, 2.05) is 0 Å². The van der Waals surface area contributed by atoms with Crippen molar-refractivity contribution in [3.8, 4) is 0 Å². The minimum atomic E-state index is -0.277. The molecule has 7 unspecified atom stereocenters. The Morgan fingerprint density at radius 3 is 2.40 bits per heavy atom. The molecule has 3 aliphatic carbocycles. The van der Waals surface area contributed by atoms with Crippen LogP contribution >= 0.6 is 0 Å². The first-order chi connectivity index (χ1) is 11.7. The van der Waals surface area contributed by atoms with Crippen LogP contribution in [0.2, 0.25) is 0 Å². The molecule has 2 nitrogen and oxygen atoms in total. The summed E-state index contributed by atoms with van der Waals surface area (Å²) in [7, 11) is 0. The van der Waals surface area contributed by atoms with E-state index >= 15 is 0 Å². The molecule has 0 heterocycles. The number of fused-ring (bicyclic) bond motifs is 2. The molecule has 144 valence electrons. The Kier molecular flexibility index (Phi) is 5.71. The highest BCUT2D eigenvalue weighted by atomic mass is 16.3. The van der Waals surface area contributed by atoms with Gasteiger partial charge in [-0.05, 0) is 74.0 Å². The fraction of sp³-hybridized carbons (Fsp3) is 0.913. The van der Waals surface area contributed by atoms with Crippen LogP contribution in [0.25, 0.3) is 0 Å². The second-order valence-corrected chi connectivity index (χ2v) is 10.4. The molecule has 8 atom stereocenters. The topological polar surface area (TPSA) is 40.5 Å². The van der Waals surface area contributed by atoms with Gasteiger partial charge in [-0.15, -0.1) is 0 Å². The number of rotatable bonds is 6. The van der Waals surface area contributed by atoms with Gasteiger partial charge in [-0.25, -0.2) is 0 Å². The molecule has 0 radical (unpaired) electrons. The van der Waals surface area contributed by atoms with Crippen LogP contribution in [0.15, 0.2) is 11.6 Å². The minimum absolute atomic E-state index is 0.104. The average molecular weight is 349 g/mol. The summed E-state index contributed by atoms with van der Waals surface area (Å²) in [5.74, 6) is 3.43. The number of hydrogen-bond donors (Lipinski definition) is 2. The molecule has 2 N–H and O–H groups in total. The monoisotopic (exact) mass is 348 g/mol. The summed E-state index contributed by atoms with van der Waals surface area (Å²) in [5, 5.41) is 21.7. The van der Waals surface area contributed by atoms with Gasteiger partial charge in [0.25, 0.3) is 0 Å². The third-order valence-corrected chi connectivity index (χ3v) is 7.94. The molecule has 2 fully saturated rings. The molecule has 0 spiro atoms. The van der Waals surface area contributed by atoms with Gasteiger partial charge in [0.05, 0.1) is 12.2 Å². The third-order valence-electron chi connectivity index (χ3n) is 7.94. The van der Waals surface area contributed by atoms with Crippen molar-refractivity contribution < 1.29 is 10.2 Å². The van der Waals surface area contributed by atoms with Crippen LogP contribution in [0.5, 0.6) is 0 Å². The van der Waals surface area contributed by atoms with Crippen LogP contribution in [0, 0.1) is 40.9 Å². The van der Waals surface area contributed by atoms with Crippen LogP contribution in [-0.2, 0) is 0 Å². The van der Waals surface area contributed by atoms with E-state index in [0.717, 1.165) is 31.1 Å². The summed E-state index contributed by atoms with van der Waals surface area (Å²) in [4.78, 5) is 0. The highest BCUT2D eigenvalue weighted by Crippen LogP contribution is 2.51. The molecule has 0 aromatic carbocycles. The van der Waals surface area contributed by atoms with E-state index in [2.05, 4.69) is 40.7 Å². The lowest BCUT2D eigenvalue weighted by Crippen LogP contribution is -2.38. The van der Waals surface area contributed by atoms with Gasteiger partial charge in [-0.3, -0.25) is 0 Å². The largest absolute Gasteiger partial charge is 0.393 e. The lowest BCUT2D eigenvalue weighted by molar-refractivity contribution is 0.0152. The fourth-order valence-corrected chi connectivity index (χ4v) is 6.23. The Labute approximate surface area is 155 Å². The van der Waals surface area contributed by atoms with Crippen LogP contribution in [0.3, 0.4) is 0 Å². The molecule has 0 aromatic heterocycles. The first-order valence-corrected chi connectivity index (χ1v) is 10.8. The molecule has 0 amide bonds. The summed E-state index contributed by atoms with van der Waals surface area (Å²) in [6, 6.07) is 0. The third kappa shape index (κ3) is 3.86. The maximum absolute atomic E-state index is 11.0. The number of aliphatic hydroxyl groups is 2. The number of aliphatic hydroxyl groups excluding tert-OH is 2. The maximum Gasteiger partial charge on any atom is 0.0651 e. The van der Waals surface area contributed by atoms with Gasteiger partial charge in [-0.2, -0.15) is 0 Å². The first-order valence-electron chi connectivity index (χ1n) is 10.8. The highest BCUT2D eigenvalue weighted by Gasteiger charge is 2.44. The molecule has 0 aliphatic heterocycles. The molecule has 3 aliphatic rings. The molecule has 0 aromatic rings. The number of allylic oxidation sites excluding steroid dienone is 1. The Morgan fingerprint density at radius 1 is 1.12 bits per heavy atom. The predicted octanol–water partition coefficient (Wildman–Crippen LogP) is 5.19. The molecule has 25 heavy (non-hydrogen) atoms. The molecular formula is C23H40O2. The molecule has 0 saturated heterocycles. The standard InChI is InChI=1S/C23H40O2/c1-14(2)22(25)23(5)9-8-15(3)19(13-23)10-16(4)21(24)20-12-17-6-7-18(20)11-17/h13-18,20-22,24-25H,6-12H2,1-5H3/t15?,16?,17?,18?,20?,21?,22-,23?/m1/s1. The Morgan fingerprint density at radius 2 is 1.84 bits per heavy atom. The van der Waals surface area contributed by atoms with Gasteiger partial charge >= 0.3 is 0 Å². The van der Waals surface area contributed by atoms with E-state index < -0.39 is 0 Å². The summed E-state index contributed by atoms with van der Waals surface area (Å²) in [5.41, 5.74) is 1.37. The van der Waals surface area contributed by atoms with E-state index in [0.29, 0.717) is 17.8 Å². The second kappa shape index (κ2) is 7.35. The van der Waals surface area contributed by atoms with Crippen molar-refractivity contribution in [3.63, 3.8) is 0 Å². The lowest BCUT2D eigenvalue weighted by atomic mass is 9.66. The van der Waals surface area contributed by atoms with Crippen molar-refractivity contribution in [1.29, 1.82) is 0 Å². The van der Waals surface area contributed by atoms with E-state index in [1.54, 1.807) is 0 Å². The van der Waals surface area contributed by atoms with Crippen LogP contribution in [0.4, 0.5) is 0 Å². The SMILES string of the molecule is CC1CCC(C)([C@H](O)C(C)C)C=C1CC(C)C(O)C1CC2CCC1C2. The summed E-state index contributed by atoms with van der Waals surface area (Å²) < 4.78 is 0. The number of hydrogen-bond acceptors (Lipinski definition) is 2. The molecule has 3 rings (SSSR count). The highest BCUT2D eigenvalue weighted by molar-refractivity contribution is 5.18. The summed E-state index contributed by atoms with van der Waals surface area (Å²) in [6.07, 6.45) is 10.6. The van der Waals surface area contributed by atoms with Gasteiger partial charge in [0.2, 0.25) is 0 Å². The molecule has 2 bridgehead atoms.